The highest BCUT2D eigenvalue weighted by Gasteiger charge is 2.34. The fourth-order valence-electron chi connectivity index (χ4n) is 4.33. The van der Waals surface area contributed by atoms with Gasteiger partial charge in [0.1, 0.15) is 12.6 Å². The molecule has 0 heterocycles. The van der Waals surface area contributed by atoms with Crippen LogP contribution in [0.4, 0.5) is 5.69 Å². The van der Waals surface area contributed by atoms with Gasteiger partial charge < -0.3 is 10.2 Å². The highest BCUT2D eigenvalue weighted by atomic mass is 35.5. The molecule has 3 rings (SSSR count). The number of hydrogen-bond acceptors (Lipinski definition) is 4. The second kappa shape index (κ2) is 12.8. The second-order valence-corrected chi connectivity index (χ2v) is 14.0. The van der Waals surface area contributed by atoms with Gasteiger partial charge in [-0.25, -0.2) is 8.42 Å². The fourth-order valence-corrected chi connectivity index (χ4v) is 6.13. The normalized spacial score (nSPS) is 12.5. The number of amides is 2. The highest BCUT2D eigenvalue weighted by molar-refractivity contribution is 7.92. The summed E-state index contributed by atoms with van der Waals surface area (Å²) in [5, 5.41) is 3.58. The Morgan fingerprint density at radius 3 is 2.05 bits per heavy atom. The lowest BCUT2D eigenvalue weighted by molar-refractivity contribution is -0.140. The van der Waals surface area contributed by atoms with Gasteiger partial charge in [0.25, 0.3) is 10.0 Å². The lowest BCUT2D eigenvalue weighted by Crippen LogP contribution is -2.54. The Hall–Kier alpha value is -3.07. The lowest BCUT2D eigenvalue weighted by atomic mass is 10.1. The minimum Gasteiger partial charge on any atom is -0.350 e. The number of hydrogen-bond donors (Lipinski definition) is 1. The quantitative estimate of drug-likeness (QED) is 0.299. The monoisotopic (exact) mass is 617 g/mol. The smallest absolute Gasteiger partial charge is 0.264 e. The van der Waals surface area contributed by atoms with Gasteiger partial charge in [0.15, 0.2) is 0 Å². The number of nitrogens with zero attached hydrogens (tertiary/aromatic N) is 2. The SMILES string of the molecule is Cc1ccc(S(=O)(=O)N(CC(=O)N(Cc2ccc(Cl)c(Cl)c2)[C@H](C)C(=O)NC(C)(C)C)c2ccc(C)cc2C)cc1. The van der Waals surface area contributed by atoms with Crippen LogP contribution >= 0.6 is 23.2 Å². The third-order valence-electron chi connectivity index (χ3n) is 6.51. The molecule has 0 fully saturated rings. The summed E-state index contributed by atoms with van der Waals surface area (Å²) in [7, 11) is -4.15. The molecule has 0 aromatic heterocycles. The summed E-state index contributed by atoms with van der Waals surface area (Å²) in [6.07, 6.45) is 0. The first kappa shape index (κ1) is 32.4. The Morgan fingerprint density at radius 2 is 1.49 bits per heavy atom. The van der Waals surface area contributed by atoms with Crippen molar-refractivity contribution in [3.63, 3.8) is 0 Å². The van der Waals surface area contributed by atoms with E-state index in [9.17, 15) is 18.0 Å². The van der Waals surface area contributed by atoms with E-state index in [2.05, 4.69) is 5.32 Å². The predicted molar refractivity (Wildman–Crippen MR) is 166 cm³/mol. The van der Waals surface area contributed by atoms with Crippen LogP contribution < -0.4 is 9.62 Å². The van der Waals surface area contributed by atoms with Gasteiger partial charge in [0, 0.05) is 12.1 Å². The molecule has 3 aromatic carbocycles. The Morgan fingerprint density at radius 1 is 0.878 bits per heavy atom. The third kappa shape index (κ3) is 8.24. The molecule has 3 aromatic rings. The van der Waals surface area contributed by atoms with E-state index in [1.165, 1.54) is 17.0 Å². The van der Waals surface area contributed by atoms with Crippen LogP contribution in [-0.4, -0.2) is 43.3 Å². The number of anilines is 1. The van der Waals surface area contributed by atoms with Gasteiger partial charge in [-0.3, -0.25) is 13.9 Å². The molecule has 0 bridgehead atoms. The molecule has 0 aliphatic rings. The van der Waals surface area contributed by atoms with Gasteiger partial charge in [0.05, 0.1) is 20.6 Å². The molecule has 1 N–H and O–H groups in total. The van der Waals surface area contributed by atoms with E-state index >= 15 is 0 Å². The minimum atomic E-state index is -4.15. The number of benzene rings is 3. The Labute approximate surface area is 253 Å². The average molecular weight is 619 g/mol. The number of rotatable bonds is 9. The number of carbonyl (C=O) groups is 2. The van der Waals surface area contributed by atoms with E-state index in [-0.39, 0.29) is 17.3 Å². The number of nitrogens with one attached hydrogen (secondary N) is 1. The standard InChI is InChI=1S/C31H37Cl2N3O4S/c1-20-8-12-25(13-9-20)41(39,40)36(28-15-10-21(2)16-22(28)3)19-29(37)35(23(4)30(38)34-31(5,6)7)18-24-11-14-26(32)27(33)17-24/h8-17,23H,18-19H2,1-7H3,(H,34,38)/t23-/m1/s1. The largest absolute Gasteiger partial charge is 0.350 e. The molecule has 220 valence electrons. The van der Waals surface area contributed by atoms with Crippen molar-refractivity contribution in [2.24, 2.45) is 0 Å². The van der Waals surface area contributed by atoms with Crippen LogP contribution in [-0.2, 0) is 26.2 Å². The van der Waals surface area contributed by atoms with Gasteiger partial charge in [-0.1, -0.05) is 64.7 Å². The molecule has 0 unspecified atom stereocenters. The summed E-state index contributed by atoms with van der Waals surface area (Å²) in [4.78, 5) is 28.7. The fraction of sp³-hybridized carbons (Fsp3) is 0.355. The summed E-state index contributed by atoms with van der Waals surface area (Å²) >= 11 is 12.3. The van der Waals surface area contributed by atoms with Crippen LogP contribution in [0.1, 0.15) is 49.9 Å². The number of sulfonamides is 1. The third-order valence-corrected chi connectivity index (χ3v) is 9.02. The molecule has 0 aliphatic heterocycles. The number of aryl methyl sites for hydroxylation is 3. The lowest BCUT2D eigenvalue weighted by Gasteiger charge is -2.34. The van der Waals surface area contributed by atoms with Gasteiger partial charge in [-0.2, -0.15) is 0 Å². The molecular weight excluding hydrogens is 581 g/mol. The maximum absolute atomic E-state index is 14.1. The van der Waals surface area contributed by atoms with Crippen LogP contribution in [0, 0.1) is 20.8 Å². The average Bonchev–Trinajstić information content (AvgIpc) is 2.87. The van der Waals surface area contributed by atoms with Crippen molar-refractivity contribution in [3.05, 3.63) is 93.0 Å². The summed E-state index contributed by atoms with van der Waals surface area (Å²) in [5.74, 6) is -0.923. The van der Waals surface area contributed by atoms with Crippen LogP contribution in [0.25, 0.3) is 0 Å². The molecule has 0 radical (unpaired) electrons. The van der Waals surface area contributed by atoms with Gasteiger partial charge in [-0.15, -0.1) is 0 Å². The molecule has 1 atom stereocenters. The minimum absolute atomic E-state index is 0.0136. The van der Waals surface area contributed by atoms with Crippen molar-refractivity contribution >= 4 is 50.7 Å². The second-order valence-electron chi connectivity index (χ2n) is 11.3. The van der Waals surface area contributed by atoms with Crippen molar-refractivity contribution in [2.45, 2.75) is 71.5 Å². The van der Waals surface area contributed by atoms with Gasteiger partial charge in [-0.05, 0) is 89.9 Å². The molecule has 0 spiro atoms. The van der Waals surface area contributed by atoms with Crippen LogP contribution in [0.5, 0.6) is 0 Å². The maximum Gasteiger partial charge on any atom is 0.264 e. The highest BCUT2D eigenvalue weighted by Crippen LogP contribution is 2.29. The summed E-state index contributed by atoms with van der Waals surface area (Å²) < 4.78 is 29.1. The molecule has 41 heavy (non-hydrogen) atoms. The number of halogens is 2. The van der Waals surface area contributed by atoms with Crippen LogP contribution in [0.3, 0.4) is 0 Å². The van der Waals surface area contributed by atoms with E-state index in [4.69, 9.17) is 23.2 Å². The Kier molecular flexibility index (Phi) is 10.2. The molecule has 0 saturated carbocycles. The van der Waals surface area contributed by atoms with Crippen LogP contribution in [0.15, 0.2) is 65.6 Å². The molecule has 0 saturated heterocycles. The van der Waals surface area contributed by atoms with Gasteiger partial charge in [0.2, 0.25) is 11.8 Å². The van der Waals surface area contributed by atoms with E-state index in [1.54, 1.807) is 56.3 Å². The zero-order valence-corrected chi connectivity index (χ0v) is 26.8. The van der Waals surface area contributed by atoms with Crippen molar-refractivity contribution in [1.82, 2.24) is 10.2 Å². The predicted octanol–water partition coefficient (Wildman–Crippen LogP) is 6.45. The number of carbonyl (C=O) groups excluding carboxylic acids is 2. The van der Waals surface area contributed by atoms with Crippen molar-refractivity contribution in [1.29, 1.82) is 0 Å². The molecule has 7 nitrogen and oxygen atoms in total. The van der Waals surface area contributed by atoms with Crippen LogP contribution in [0.2, 0.25) is 10.0 Å². The zero-order chi connectivity index (χ0) is 30.7. The topological polar surface area (TPSA) is 86.8 Å². The molecular formula is C31H37Cl2N3O4S. The Balaban J connectivity index is 2.09. The summed E-state index contributed by atoms with van der Waals surface area (Å²) in [6.45, 7) is 12.2. The van der Waals surface area contributed by atoms with E-state index in [0.29, 0.717) is 26.9 Å². The van der Waals surface area contributed by atoms with E-state index in [1.807, 2.05) is 40.7 Å². The first-order valence-corrected chi connectivity index (χ1v) is 15.4. The zero-order valence-electron chi connectivity index (χ0n) is 24.5. The Bertz CT molecular complexity index is 1530. The first-order chi connectivity index (χ1) is 19.0. The molecule has 10 heteroatoms. The van der Waals surface area contributed by atoms with Crippen molar-refractivity contribution in [2.75, 3.05) is 10.8 Å². The molecule has 0 aliphatic carbocycles. The summed E-state index contributed by atoms with van der Waals surface area (Å²) in [5.41, 5.74) is 3.05. The maximum atomic E-state index is 14.1. The van der Waals surface area contributed by atoms with Crippen molar-refractivity contribution in [3.8, 4) is 0 Å². The first-order valence-electron chi connectivity index (χ1n) is 13.2. The molecule has 2 amide bonds. The van der Waals surface area contributed by atoms with Crippen molar-refractivity contribution < 1.29 is 18.0 Å². The van der Waals surface area contributed by atoms with E-state index < -0.39 is 34.1 Å². The van der Waals surface area contributed by atoms with E-state index in [0.717, 1.165) is 15.4 Å². The van der Waals surface area contributed by atoms with Gasteiger partial charge >= 0.3 is 0 Å². The summed E-state index contributed by atoms with van der Waals surface area (Å²) in [6, 6.07) is 15.9.